The van der Waals surface area contributed by atoms with Gasteiger partial charge >= 0.3 is 0 Å². The Labute approximate surface area is 143 Å². The lowest BCUT2D eigenvalue weighted by Crippen LogP contribution is -2.53. The van der Waals surface area contributed by atoms with Crippen molar-refractivity contribution < 1.29 is 9.53 Å². The lowest BCUT2D eigenvalue weighted by molar-refractivity contribution is -0.0856. The number of carbonyl (C=O) groups is 1. The van der Waals surface area contributed by atoms with Crippen LogP contribution in [0.5, 0.6) is 0 Å². The van der Waals surface area contributed by atoms with Crippen molar-refractivity contribution in [2.24, 2.45) is 0 Å². The van der Waals surface area contributed by atoms with E-state index in [-0.39, 0.29) is 5.91 Å². The van der Waals surface area contributed by atoms with Gasteiger partial charge in [0.2, 0.25) is 0 Å². The van der Waals surface area contributed by atoms with Gasteiger partial charge in [-0.25, -0.2) is 0 Å². The number of rotatable bonds is 2. The van der Waals surface area contributed by atoms with Gasteiger partial charge in [-0.15, -0.1) is 0 Å². The third-order valence-electron chi connectivity index (χ3n) is 4.82. The zero-order valence-corrected chi connectivity index (χ0v) is 14.6. The molecule has 0 spiro atoms. The highest BCUT2D eigenvalue weighted by Crippen LogP contribution is 2.24. The summed E-state index contributed by atoms with van der Waals surface area (Å²) in [6.45, 7) is 7.86. The highest BCUT2D eigenvalue weighted by atomic mass is 35.5. The molecule has 2 heterocycles. The Kier molecular flexibility index (Phi) is 5.24. The molecular weight excluding hydrogens is 312 g/mol. The minimum atomic E-state index is 0.0535. The molecule has 2 fully saturated rings. The number of likely N-dealkylation sites (tertiary alicyclic amines) is 1. The van der Waals surface area contributed by atoms with Gasteiger partial charge in [0.15, 0.2) is 0 Å². The molecule has 0 unspecified atom stereocenters. The highest BCUT2D eigenvalue weighted by Gasteiger charge is 2.32. The smallest absolute Gasteiger partial charge is 0.255 e. The SMILES string of the molecule is C[C@H]1CN(C2CCN(C(=O)c3ccccc3Cl)CC2)C[C@H](C)O1. The van der Waals surface area contributed by atoms with Gasteiger partial charge in [0.1, 0.15) is 0 Å². The van der Waals surface area contributed by atoms with E-state index in [1.165, 1.54) is 0 Å². The number of halogens is 1. The van der Waals surface area contributed by atoms with E-state index in [0.717, 1.165) is 39.0 Å². The van der Waals surface area contributed by atoms with Crippen molar-refractivity contribution in [1.82, 2.24) is 9.80 Å². The van der Waals surface area contributed by atoms with Crippen molar-refractivity contribution >= 4 is 17.5 Å². The van der Waals surface area contributed by atoms with E-state index >= 15 is 0 Å². The van der Waals surface area contributed by atoms with Gasteiger partial charge in [0.05, 0.1) is 22.8 Å². The van der Waals surface area contributed by atoms with Gasteiger partial charge in [0, 0.05) is 32.2 Å². The molecule has 0 N–H and O–H groups in total. The molecule has 5 heteroatoms. The van der Waals surface area contributed by atoms with Gasteiger partial charge in [-0.1, -0.05) is 23.7 Å². The van der Waals surface area contributed by atoms with E-state index in [9.17, 15) is 4.79 Å². The van der Waals surface area contributed by atoms with Crippen LogP contribution < -0.4 is 0 Å². The topological polar surface area (TPSA) is 32.8 Å². The molecule has 0 aromatic heterocycles. The normalized spacial score (nSPS) is 27.2. The summed E-state index contributed by atoms with van der Waals surface area (Å²) in [6, 6.07) is 7.85. The Morgan fingerprint density at radius 2 is 1.74 bits per heavy atom. The quantitative estimate of drug-likeness (QED) is 0.832. The Morgan fingerprint density at radius 3 is 2.35 bits per heavy atom. The van der Waals surface area contributed by atoms with Crippen LogP contribution in [0.2, 0.25) is 5.02 Å². The molecule has 0 saturated carbocycles. The van der Waals surface area contributed by atoms with E-state index in [2.05, 4.69) is 18.7 Å². The van der Waals surface area contributed by atoms with Crippen LogP contribution in [0.15, 0.2) is 24.3 Å². The first-order valence-electron chi connectivity index (χ1n) is 8.48. The zero-order valence-electron chi connectivity index (χ0n) is 13.9. The summed E-state index contributed by atoms with van der Waals surface area (Å²) in [7, 11) is 0. The molecule has 3 rings (SSSR count). The van der Waals surface area contributed by atoms with Gasteiger partial charge in [-0.05, 0) is 38.8 Å². The number of hydrogen-bond donors (Lipinski definition) is 0. The van der Waals surface area contributed by atoms with E-state index in [4.69, 9.17) is 16.3 Å². The first-order valence-corrected chi connectivity index (χ1v) is 8.85. The molecule has 2 aliphatic heterocycles. The summed E-state index contributed by atoms with van der Waals surface area (Å²) in [5.74, 6) is 0.0535. The van der Waals surface area contributed by atoms with E-state index < -0.39 is 0 Å². The highest BCUT2D eigenvalue weighted by molar-refractivity contribution is 6.33. The molecule has 2 saturated heterocycles. The lowest BCUT2D eigenvalue weighted by Gasteiger charge is -2.43. The number of morpholine rings is 1. The standard InChI is InChI=1S/C18H25ClN2O2/c1-13-11-21(12-14(2)23-13)15-7-9-20(10-8-15)18(22)16-5-3-4-6-17(16)19/h3-6,13-15H,7-12H2,1-2H3/t13-,14-/m0/s1. The molecule has 23 heavy (non-hydrogen) atoms. The van der Waals surface area contributed by atoms with Gasteiger partial charge in [-0.2, -0.15) is 0 Å². The summed E-state index contributed by atoms with van der Waals surface area (Å²) in [5, 5.41) is 0.537. The predicted octanol–water partition coefficient (Wildman–Crippen LogP) is 3.05. The fraction of sp³-hybridized carbons (Fsp3) is 0.611. The molecule has 2 atom stereocenters. The maximum atomic E-state index is 12.6. The van der Waals surface area contributed by atoms with Crippen LogP contribution in [-0.2, 0) is 4.74 Å². The summed E-state index contributed by atoms with van der Waals surface area (Å²) >= 11 is 6.15. The van der Waals surface area contributed by atoms with E-state index in [1.807, 2.05) is 23.1 Å². The summed E-state index contributed by atoms with van der Waals surface area (Å²) in [4.78, 5) is 17.1. The molecule has 1 aromatic rings. The fourth-order valence-electron chi connectivity index (χ4n) is 3.75. The van der Waals surface area contributed by atoms with Crippen LogP contribution in [0.1, 0.15) is 37.0 Å². The van der Waals surface area contributed by atoms with Crippen molar-refractivity contribution in [2.75, 3.05) is 26.2 Å². The molecule has 0 aliphatic carbocycles. The van der Waals surface area contributed by atoms with Crippen LogP contribution >= 0.6 is 11.6 Å². The number of hydrogen-bond acceptors (Lipinski definition) is 3. The predicted molar refractivity (Wildman–Crippen MR) is 92.0 cm³/mol. The number of nitrogens with zero attached hydrogens (tertiary/aromatic N) is 2. The van der Waals surface area contributed by atoms with Crippen LogP contribution in [0.4, 0.5) is 0 Å². The maximum Gasteiger partial charge on any atom is 0.255 e. The fourth-order valence-corrected chi connectivity index (χ4v) is 3.97. The van der Waals surface area contributed by atoms with Gasteiger partial charge in [0.25, 0.3) is 5.91 Å². The lowest BCUT2D eigenvalue weighted by atomic mass is 10.0. The minimum absolute atomic E-state index is 0.0535. The van der Waals surface area contributed by atoms with E-state index in [1.54, 1.807) is 6.07 Å². The first kappa shape index (κ1) is 16.7. The minimum Gasteiger partial charge on any atom is -0.373 e. The Hall–Kier alpha value is -1.10. The second-order valence-electron chi connectivity index (χ2n) is 6.71. The molecule has 4 nitrogen and oxygen atoms in total. The largest absolute Gasteiger partial charge is 0.373 e. The second kappa shape index (κ2) is 7.20. The molecule has 1 aromatic carbocycles. The third-order valence-corrected chi connectivity index (χ3v) is 5.15. The third kappa shape index (κ3) is 3.87. The summed E-state index contributed by atoms with van der Waals surface area (Å²) in [5.41, 5.74) is 0.612. The molecule has 2 aliphatic rings. The van der Waals surface area contributed by atoms with Gasteiger partial charge in [-0.3, -0.25) is 9.69 Å². The van der Waals surface area contributed by atoms with Crippen molar-refractivity contribution in [3.8, 4) is 0 Å². The number of carbonyl (C=O) groups excluding carboxylic acids is 1. The monoisotopic (exact) mass is 336 g/mol. The van der Waals surface area contributed by atoms with Crippen molar-refractivity contribution in [3.05, 3.63) is 34.9 Å². The molecule has 126 valence electrons. The van der Waals surface area contributed by atoms with Crippen LogP contribution in [0.25, 0.3) is 0 Å². The van der Waals surface area contributed by atoms with Crippen LogP contribution in [-0.4, -0.2) is 60.1 Å². The van der Waals surface area contributed by atoms with Crippen molar-refractivity contribution in [1.29, 1.82) is 0 Å². The number of benzene rings is 1. The molecule has 1 amide bonds. The number of amides is 1. The molecule has 0 radical (unpaired) electrons. The molecular formula is C18H25ClN2O2. The number of piperidine rings is 1. The van der Waals surface area contributed by atoms with E-state index in [0.29, 0.717) is 28.8 Å². The average molecular weight is 337 g/mol. The Bertz CT molecular complexity index is 548. The average Bonchev–Trinajstić information content (AvgIpc) is 2.54. The van der Waals surface area contributed by atoms with Crippen LogP contribution in [0.3, 0.4) is 0 Å². The zero-order chi connectivity index (χ0) is 16.4. The van der Waals surface area contributed by atoms with Crippen molar-refractivity contribution in [2.45, 2.75) is 44.9 Å². The van der Waals surface area contributed by atoms with Crippen LogP contribution in [0, 0.1) is 0 Å². The second-order valence-corrected chi connectivity index (χ2v) is 7.12. The maximum absolute atomic E-state index is 12.6. The summed E-state index contributed by atoms with van der Waals surface area (Å²) in [6.07, 6.45) is 2.63. The van der Waals surface area contributed by atoms with Gasteiger partial charge < -0.3 is 9.64 Å². The number of ether oxygens (including phenoxy) is 1. The molecule has 0 bridgehead atoms. The van der Waals surface area contributed by atoms with Crippen molar-refractivity contribution in [3.63, 3.8) is 0 Å². The Balaban J connectivity index is 1.58. The Morgan fingerprint density at radius 1 is 1.13 bits per heavy atom. The summed E-state index contributed by atoms with van der Waals surface area (Å²) < 4.78 is 5.82. The first-order chi connectivity index (χ1) is 11.0.